The van der Waals surface area contributed by atoms with Gasteiger partial charge in [-0.1, -0.05) is 12.8 Å². The SMILES string of the molecule is CC(O)C1CCCCC1CC(=O)O. The van der Waals surface area contributed by atoms with Gasteiger partial charge >= 0.3 is 5.97 Å². The third-order valence-corrected chi connectivity index (χ3v) is 3.02. The van der Waals surface area contributed by atoms with E-state index in [-0.39, 0.29) is 24.4 Å². The van der Waals surface area contributed by atoms with Crippen molar-refractivity contribution < 1.29 is 15.0 Å². The second-order valence-electron chi connectivity index (χ2n) is 4.05. The van der Waals surface area contributed by atoms with Crippen LogP contribution in [0.25, 0.3) is 0 Å². The van der Waals surface area contributed by atoms with E-state index < -0.39 is 5.97 Å². The van der Waals surface area contributed by atoms with Gasteiger partial charge in [0.2, 0.25) is 0 Å². The van der Waals surface area contributed by atoms with E-state index in [0.29, 0.717) is 0 Å². The molecule has 0 aliphatic heterocycles. The van der Waals surface area contributed by atoms with Crippen molar-refractivity contribution in [2.45, 2.75) is 45.1 Å². The quantitative estimate of drug-likeness (QED) is 0.704. The lowest BCUT2D eigenvalue weighted by Gasteiger charge is -2.32. The van der Waals surface area contributed by atoms with E-state index in [1.165, 1.54) is 0 Å². The average Bonchev–Trinajstić information content (AvgIpc) is 2.03. The first kappa shape index (κ1) is 10.5. The fourth-order valence-electron chi connectivity index (χ4n) is 2.35. The minimum Gasteiger partial charge on any atom is -0.481 e. The van der Waals surface area contributed by atoms with Crippen LogP contribution in [-0.4, -0.2) is 22.3 Å². The van der Waals surface area contributed by atoms with Crippen molar-refractivity contribution in [3.63, 3.8) is 0 Å². The van der Waals surface area contributed by atoms with Gasteiger partial charge in [-0.2, -0.15) is 0 Å². The van der Waals surface area contributed by atoms with E-state index in [9.17, 15) is 9.90 Å². The molecular formula is C10H18O3. The second-order valence-corrected chi connectivity index (χ2v) is 4.05. The maximum absolute atomic E-state index is 10.6. The van der Waals surface area contributed by atoms with Gasteiger partial charge in [0.05, 0.1) is 6.10 Å². The lowest BCUT2D eigenvalue weighted by atomic mass is 9.75. The zero-order valence-electron chi connectivity index (χ0n) is 8.07. The largest absolute Gasteiger partial charge is 0.481 e. The van der Waals surface area contributed by atoms with Gasteiger partial charge in [-0.25, -0.2) is 0 Å². The van der Waals surface area contributed by atoms with Crippen molar-refractivity contribution in [3.8, 4) is 0 Å². The first-order valence-electron chi connectivity index (χ1n) is 5.01. The lowest BCUT2D eigenvalue weighted by molar-refractivity contribution is -0.139. The maximum atomic E-state index is 10.6. The molecule has 0 aromatic carbocycles. The third kappa shape index (κ3) is 2.99. The molecule has 0 aromatic heterocycles. The smallest absolute Gasteiger partial charge is 0.303 e. The van der Waals surface area contributed by atoms with Crippen molar-refractivity contribution in [2.75, 3.05) is 0 Å². The Morgan fingerprint density at radius 2 is 2.08 bits per heavy atom. The summed E-state index contributed by atoms with van der Waals surface area (Å²) in [6.07, 6.45) is 4.05. The van der Waals surface area contributed by atoms with Crippen LogP contribution in [-0.2, 0) is 4.79 Å². The molecule has 3 atom stereocenters. The number of aliphatic carboxylic acids is 1. The molecule has 0 saturated heterocycles. The maximum Gasteiger partial charge on any atom is 0.303 e. The number of aliphatic hydroxyl groups is 1. The second kappa shape index (κ2) is 4.61. The Hall–Kier alpha value is -0.570. The molecule has 0 aromatic rings. The van der Waals surface area contributed by atoms with Crippen molar-refractivity contribution >= 4 is 5.97 Å². The Bertz CT molecular complexity index is 177. The number of rotatable bonds is 3. The van der Waals surface area contributed by atoms with Gasteiger partial charge < -0.3 is 10.2 Å². The summed E-state index contributed by atoms with van der Waals surface area (Å²) in [5.74, 6) is -0.353. The van der Waals surface area contributed by atoms with E-state index in [4.69, 9.17) is 5.11 Å². The molecule has 1 aliphatic carbocycles. The number of carboxylic acid groups (broad SMARTS) is 1. The summed E-state index contributed by atoms with van der Waals surface area (Å²) in [7, 11) is 0. The summed E-state index contributed by atoms with van der Waals surface area (Å²) < 4.78 is 0. The fraction of sp³-hybridized carbons (Fsp3) is 0.900. The molecule has 0 amide bonds. The predicted molar refractivity (Wildman–Crippen MR) is 49.4 cm³/mol. The monoisotopic (exact) mass is 186 g/mol. The van der Waals surface area contributed by atoms with Crippen LogP contribution < -0.4 is 0 Å². The highest BCUT2D eigenvalue weighted by molar-refractivity contribution is 5.67. The number of carboxylic acids is 1. The molecule has 1 aliphatic rings. The van der Waals surface area contributed by atoms with Gasteiger partial charge in [0.25, 0.3) is 0 Å². The van der Waals surface area contributed by atoms with Crippen LogP contribution >= 0.6 is 0 Å². The molecule has 1 fully saturated rings. The molecule has 3 nitrogen and oxygen atoms in total. The Morgan fingerprint density at radius 1 is 1.46 bits per heavy atom. The van der Waals surface area contributed by atoms with Crippen molar-refractivity contribution in [1.29, 1.82) is 0 Å². The number of hydrogen-bond acceptors (Lipinski definition) is 2. The molecule has 0 heterocycles. The highest BCUT2D eigenvalue weighted by Gasteiger charge is 2.29. The Labute approximate surface area is 78.8 Å². The van der Waals surface area contributed by atoms with Crippen LogP contribution in [0.4, 0.5) is 0 Å². The molecule has 76 valence electrons. The number of aliphatic hydroxyl groups excluding tert-OH is 1. The molecule has 1 rings (SSSR count). The van der Waals surface area contributed by atoms with Crippen molar-refractivity contribution in [1.82, 2.24) is 0 Å². The Balaban J connectivity index is 2.51. The van der Waals surface area contributed by atoms with E-state index >= 15 is 0 Å². The average molecular weight is 186 g/mol. The predicted octanol–water partition coefficient (Wildman–Crippen LogP) is 1.65. The molecule has 13 heavy (non-hydrogen) atoms. The summed E-state index contributed by atoms with van der Waals surface area (Å²) in [5.41, 5.74) is 0. The molecule has 3 unspecified atom stereocenters. The zero-order valence-corrected chi connectivity index (χ0v) is 8.07. The summed E-state index contributed by atoms with van der Waals surface area (Å²) in [4.78, 5) is 10.6. The first-order valence-corrected chi connectivity index (χ1v) is 5.01. The van der Waals surface area contributed by atoms with E-state index in [2.05, 4.69) is 0 Å². The van der Waals surface area contributed by atoms with E-state index in [0.717, 1.165) is 25.7 Å². The van der Waals surface area contributed by atoms with Crippen molar-refractivity contribution in [2.24, 2.45) is 11.8 Å². The summed E-state index contributed by atoms with van der Waals surface area (Å²) >= 11 is 0. The molecule has 0 radical (unpaired) electrons. The van der Waals surface area contributed by atoms with Crippen molar-refractivity contribution in [3.05, 3.63) is 0 Å². The molecule has 1 saturated carbocycles. The fourth-order valence-corrected chi connectivity index (χ4v) is 2.35. The minimum atomic E-state index is -0.738. The molecule has 2 N–H and O–H groups in total. The van der Waals surface area contributed by atoms with E-state index in [1.807, 2.05) is 0 Å². The zero-order chi connectivity index (χ0) is 9.84. The molecule has 0 bridgehead atoms. The molecule has 0 spiro atoms. The van der Waals surface area contributed by atoms with Gasteiger partial charge in [0.15, 0.2) is 0 Å². The highest BCUT2D eigenvalue weighted by Crippen LogP contribution is 2.34. The van der Waals surface area contributed by atoms with Gasteiger partial charge in [0, 0.05) is 6.42 Å². The number of carbonyl (C=O) groups is 1. The minimum absolute atomic E-state index is 0.186. The third-order valence-electron chi connectivity index (χ3n) is 3.02. The standard InChI is InChI=1S/C10H18O3/c1-7(11)9-5-3-2-4-8(9)6-10(12)13/h7-9,11H,2-6H2,1H3,(H,12,13). The van der Waals surface area contributed by atoms with Crippen LogP contribution in [0.1, 0.15) is 39.0 Å². The van der Waals surface area contributed by atoms with E-state index in [1.54, 1.807) is 6.92 Å². The summed E-state index contributed by atoms with van der Waals surface area (Å²) in [6, 6.07) is 0. The molecular weight excluding hydrogens is 168 g/mol. The van der Waals surface area contributed by atoms with Crippen LogP contribution in [0, 0.1) is 11.8 Å². The van der Waals surface area contributed by atoms with Crippen LogP contribution in [0.2, 0.25) is 0 Å². The highest BCUT2D eigenvalue weighted by atomic mass is 16.4. The first-order chi connectivity index (χ1) is 6.11. The van der Waals surface area contributed by atoms with Crippen LogP contribution in [0.15, 0.2) is 0 Å². The van der Waals surface area contributed by atoms with Crippen LogP contribution in [0.3, 0.4) is 0 Å². The van der Waals surface area contributed by atoms with Gasteiger partial charge in [0.1, 0.15) is 0 Å². The molecule has 3 heteroatoms. The summed E-state index contributed by atoms with van der Waals surface area (Å²) in [6.45, 7) is 1.77. The van der Waals surface area contributed by atoms with Gasteiger partial charge in [-0.15, -0.1) is 0 Å². The Kier molecular flexibility index (Phi) is 3.72. The summed E-state index contributed by atoms with van der Waals surface area (Å²) in [5, 5.41) is 18.2. The van der Waals surface area contributed by atoms with Gasteiger partial charge in [-0.3, -0.25) is 4.79 Å². The van der Waals surface area contributed by atoms with Crippen LogP contribution in [0.5, 0.6) is 0 Å². The number of hydrogen-bond donors (Lipinski definition) is 2. The topological polar surface area (TPSA) is 57.5 Å². The van der Waals surface area contributed by atoms with Gasteiger partial charge in [-0.05, 0) is 31.6 Å². The Morgan fingerprint density at radius 3 is 2.62 bits per heavy atom. The lowest BCUT2D eigenvalue weighted by Crippen LogP contribution is -2.30. The normalized spacial score (nSPS) is 31.2.